The lowest BCUT2D eigenvalue weighted by Crippen LogP contribution is -2.30. The van der Waals surface area contributed by atoms with Gasteiger partial charge in [-0.2, -0.15) is 5.10 Å². The molecule has 2 heterocycles. The van der Waals surface area contributed by atoms with Crippen LogP contribution in [0.5, 0.6) is 0 Å². The number of amides is 1. The Morgan fingerprint density at radius 2 is 1.70 bits per heavy atom. The van der Waals surface area contributed by atoms with Crippen LogP contribution >= 0.6 is 0 Å². The summed E-state index contributed by atoms with van der Waals surface area (Å²) in [5, 5.41) is 8.02. The van der Waals surface area contributed by atoms with Crippen molar-refractivity contribution in [2.24, 2.45) is 0 Å². The van der Waals surface area contributed by atoms with E-state index in [1.807, 2.05) is 59.2 Å². The van der Waals surface area contributed by atoms with E-state index in [4.69, 9.17) is 0 Å². The number of carbonyl (C=O) groups is 1. The summed E-state index contributed by atoms with van der Waals surface area (Å²) < 4.78 is 30.2. The van der Waals surface area contributed by atoms with Gasteiger partial charge >= 0.3 is 0 Å². The number of rotatable bonds is 5. The Bertz CT molecular complexity index is 1560. The van der Waals surface area contributed by atoms with E-state index in [0.29, 0.717) is 17.4 Å². The highest BCUT2D eigenvalue weighted by atomic mass is 19.1. The van der Waals surface area contributed by atoms with Gasteiger partial charge in [0.05, 0.1) is 11.9 Å². The van der Waals surface area contributed by atoms with Crippen LogP contribution in [0.25, 0.3) is 21.8 Å². The van der Waals surface area contributed by atoms with E-state index in [-0.39, 0.29) is 5.69 Å². The molecule has 0 radical (unpaired) electrons. The third kappa shape index (κ3) is 3.87. The quantitative estimate of drug-likeness (QED) is 0.439. The number of benzene rings is 3. The third-order valence-corrected chi connectivity index (χ3v) is 5.45. The maximum Gasteiger partial charge on any atom is 0.291 e. The molecule has 0 saturated heterocycles. The summed E-state index contributed by atoms with van der Waals surface area (Å²) in [6.45, 7) is 0.0163. The minimum Gasteiger partial charge on any atom is -0.331 e. The second-order valence-electron chi connectivity index (χ2n) is 7.63. The highest BCUT2D eigenvalue weighted by Gasteiger charge is 2.18. The number of nitrogens with one attached hydrogen (secondary N) is 1. The van der Waals surface area contributed by atoms with Crippen LogP contribution in [0.2, 0.25) is 0 Å². The SMILES string of the molecule is O=C(Cn1ncc2c3ccccc3n(Cc3ccccc3)c2c1=O)Nc1cc(F)ccc1F. The first-order chi connectivity index (χ1) is 16.0. The maximum absolute atomic E-state index is 13.9. The smallest absolute Gasteiger partial charge is 0.291 e. The fraction of sp³-hybridized carbons (Fsp3) is 0.0800. The van der Waals surface area contributed by atoms with Crippen LogP contribution in [0, 0.1) is 11.6 Å². The predicted octanol–water partition coefficient (Wildman–Crippen LogP) is 4.32. The molecule has 0 unspecified atom stereocenters. The highest BCUT2D eigenvalue weighted by molar-refractivity contribution is 6.07. The molecule has 33 heavy (non-hydrogen) atoms. The van der Waals surface area contributed by atoms with E-state index < -0.39 is 29.6 Å². The van der Waals surface area contributed by atoms with E-state index in [0.717, 1.165) is 39.3 Å². The Labute approximate surface area is 186 Å². The number of carbonyl (C=O) groups excluding carboxylic acids is 1. The molecular formula is C25H18F2N4O2. The van der Waals surface area contributed by atoms with Crippen LogP contribution in [0.3, 0.4) is 0 Å². The lowest BCUT2D eigenvalue weighted by Gasteiger charge is -2.10. The molecule has 0 aliphatic carbocycles. The molecule has 0 aliphatic rings. The van der Waals surface area contributed by atoms with E-state index in [1.54, 1.807) is 6.20 Å². The average molecular weight is 444 g/mol. The summed E-state index contributed by atoms with van der Waals surface area (Å²) >= 11 is 0. The van der Waals surface area contributed by atoms with Crippen LogP contribution in [0.15, 0.2) is 83.8 Å². The van der Waals surface area contributed by atoms with Gasteiger partial charge in [-0.15, -0.1) is 0 Å². The third-order valence-electron chi connectivity index (χ3n) is 5.45. The summed E-state index contributed by atoms with van der Waals surface area (Å²) in [7, 11) is 0. The number of para-hydroxylation sites is 1. The Kier molecular flexibility index (Phi) is 5.18. The summed E-state index contributed by atoms with van der Waals surface area (Å²) in [5.41, 5.74) is 1.56. The summed E-state index contributed by atoms with van der Waals surface area (Å²) in [6, 6.07) is 20.1. The molecular weight excluding hydrogens is 426 g/mol. The van der Waals surface area contributed by atoms with Crippen LogP contribution in [0.1, 0.15) is 5.56 Å². The molecule has 1 N–H and O–H groups in total. The first-order valence-corrected chi connectivity index (χ1v) is 10.3. The van der Waals surface area contributed by atoms with Gasteiger partial charge in [0.1, 0.15) is 23.7 Å². The number of aromatic nitrogens is 3. The van der Waals surface area contributed by atoms with Gasteiger partial charge in [0.15, 0.2) is 0 Å². The minimum absolute atomic E-state index is 0.299. The van der Waals surface area contributed by atoms with Gasteiger partial charge in [-0.3, -0.25) is 9.59 Å². The monoisotopic (exact) mass is 444 g/mol. The van der Waals surface area contributed by atoms with Gasteiger partial charge < -0.3 is 9.88 Å². The van der Waals surface area contributed by atoms with Crippen LogP contribution < -0.4 is 10.9 Å². The summed E-state index contributed by atoms with van der Waals surface area (Å²) in [4.78, 5) is 25.9. The zero-order valence-electron chi connectivity index (χ0n) is 17.3. The Morgan fingerprint density at radius 1 is 0.939 bits per heavy atom. The Morgan fingerprint density at radius 3 is 2.52 bits per heavy atom. The molecule has 0 bridgehead atoms. The van der Waals surface area contributed by atoms with Crippen molar-refractivity contribution >= 4 is 33.4 Å². The summed E-state index contributed by atoms with van der Waals surface area (Å²) in [6.07, 6.45) is 1.55. The van der Waals surface area contributed by atoms with Gasteiger partial charge in [0.25, 0.3) is 5.56 Å². The first kappa shape index (κ1) is 20.6. The van der Waals surface area contributed by atoms with Crippen molar-refractivity contribution in [3.05, 3.63) is 107 Å². The van der Waals surface area contributed by atoms with Crippen molar-refractivity contribution in [3.63, 3.8) is 0 Å². The fourth-order valence-electron chi connectivity index (χ4n) is 3.96. The van der Waals surface area contributed by atoms with Crippen LogP contribution in [0.4, 0.5) is 14.5 Å². The second-order valence-corrected chi connectivity index (χ2v) is 7.63. The molecule has 3 aromatic carbocycles. The molecule has 8 heteroatoms. The molecule has 5 rings (SSSR count). The Hall–Kier alpha value is -4.33. The van der Waals surface area contributed by atoms with Gasteiger partial charge in [0, 0.05) is 28.9 Å². The second kappa shape index (κ2) is 8.31. The van der Waals surface area contributed by atoms with Crippen molar-refractivity contribution in [2.75, 3.05) is 5.32 Å². The molecule has 2 aromatic heterocycles. The van der Waals surface area contributed by atoms with E-state index in [2.05, 4.69) is 10.4 Å². The van der Waals surface area contributed by atoms with Crippen molar-refractivity contribution in [1.82, 2.24) is 14.3 Å². The largest absolute Gasteiger partial charge is 0.331 e. The number of hydrogen-bond donors (Lipinski definition) is 1. The normalized spacial score (nSPS) is 11.2. The van der Waals surface area contributed by atoms with Gasteiger partial charge in [-0.25, -0.2) is 13.5 Å². The lowest BCUT2D eigenvalue weighted by atomic mass is 10.2. The molecule has 0 atom stereocenters. The van der Waals surface area contributed by atoms with Crippen molar-refractivity contribution in [1.29, 1.82) is 0 Å². The van der Waals surface area contributed by atoms with Gasteiger partial charge in [-0.05, 0) is 23.8 Å². The van der Waals surface area contributed by atoms with E-state index in [1.165, 1.54) is 0 Å². The molecule has 5 aromatic rings. The Balaban J connectivity index is 1.56. The summed E-state index contributed by atoms with van der Waals surface area (Å²) in [5.74, 6) is -2.16. The van der Waals surface area contributed by atoms with Gasteiger partial charge in [-0.1, -0.05) is 48.5 Å². The first-order valence-electron chi connectivity index (χ1n) is 10.3. The predicted molar refractivity (Wildman–Crippen MR) is 122 cm³/mol. The van der Waals surface area contributed by atoms with Gasteiger partial charge in [0.2, 0.25) is 5.91 Å². The number of nitrogens with zero attached hydrogens (tertiary/aromatic N) is 3. The maximum atomic E-state index is 13.9. The zero-order valence-corrected chi connectivity index (χ0v) is 17.3. The van der Waals surface area contributed by atoms with E-state index >= 15 is 0 Å². The minimum atomic E-state index is -0.775. The molecule has 0 aliphatic heterocycles. The number of hydrogen-bond acceptors (Lipinski definition) is 3. The molecule has 0 spiro atoms. The number of fused-ring (bicyclic) bond motifs is 3. The lowest BCUT2D eigenvalue weighted by molar-refractivity contribution is -0.117. The molecule has 1 amide bonds. The van der Waals surface area contributed by atoms with E-state index in [9.17, 15) is 18.4 Å². The number of anilines is 1. The van der Waals surface area contributed by atoms with Crippen LogP contribution in [-0.2, 0) is 17.9 Å². The average Bonchev–Trinajstić information content (AvgIpc) is 3.13. The number of halogens is 2. The molecule has 0 saturated carbocycles. The standard InChI is InChI=1S/C25H18F2N4O2/c26-17-10-11-20(27)21(12-17)29-23(32)15-31-25(33)24-19(13-28-31)18-8-4-5-9-22(18)30(24)14-16-6-2-1-3-7-16/h1-13H,14-15H2,(H,29,32). The highest BCUT2D eigenvalue weighted by Crippen LogP contribution is 2.27. The van der Waals surface area contributed by atoms with Crippen molar-refractivity contribution < 1.29 is 13.6 Å². The van der Waals surface area contributed by atoms with Crippen molar-refractivity contribution in [3.8, 4) is 0 Å². The molecule has 0 fully saturated rings. The van der Waals surface area contributed by atoms with Crippen molar-refractivity contribution in [2.45, 2.75) is 13.1 Å². The fourth-order valence-corrected chi connectivity index (χ4v) is 3.96. The van der Waals surface area contributed by atoms with Crippen LogP contribution in [-0.4, -0.2) is 20.3 Å². The topological polar surface area (TPSA) is 68.9 Å². The zero-order chi connectivity index (χ0) is 22.9. The molecule has 6 nitrogen and oxygen atoms in total. The molecule has 164 valence electrons.